The van der Waals surface area contributed by atoms with Gasteiger partial charge in [-0.1, -0.05) is 12.1 Å². The lowest BCUT2D eigenvalue weighted by Crippen LogP contribution is -2.04. The molecule has 1 aromatic carbocycles. The zero-order valence-corrected chi connectivity index (χ0v) is 11.6. The molecule has 0 spiro atoms. The number of hydrogen-bond donors (Lipinski definition) is 0. The van der Waals surface area contributed by atoms with Gasteiger partial charge < -0.3 is 4.74 Å². The second kappa shape index (κ2) is 5.45. The Morgan fingerprint density at radius 2 is 2.25 bits per heavy atom. The highest BCUT2D eigenvalue weighted by Gasteiger charge is 2.13. The second-order valence-corrected chi connectivity index (χ2v) is 5.15. The molecule has 102 valence electrons. The first-order valence-corrected chi connectivity index (χ1v) is 6.92. The molecule has 0 bridgehead atoms. The van der Waals surface area contributed by atoms with Gasteiger partial charge in [0.05, 0.1) is 6.61 Å². The van der Waals surface area contributed by atoms with Gasteiger partial charge in [-0.25, -0.2) is 0 Å². The zero-order valence-electron chi connectivity index (χ0n) is 11.6. The molecule has 0 unspecified atom stereocenters. The number of hydrogen-bond acceptors (Lipinski definition) is 3. The molecule has 0 saturated heterocycles. The number of carbonyl (C=O) groups excluding carboxylic acids is 1. The van der Waals surface area contributed by atoms with Gasteiger partial charge in [-0.15, -0.1) is 0 Å². The Balaban J connectivity index is 1.68. The molecule has 1 aliphatic rings. The summed E-state index contributed by atoms with van der Waals surface area (Å²) in [5.41, 5.74) is 4.19. The predicted octanol–water partition coefficient (Wildman–Crippen LogP) is 3.14. The standard InChI is InChI=1S/C17H17NO2/c1-12-11-18-8-6-15(12)16(19)4-2-13-3-5-17-14(10-13)7-9-20-17/h3,5-6,8,10-11H,2,4,7,9H2,1H3. The van der Waals surface area contributed by atoms with Crippen LogP contribution < -0.4 is 4.74 Å². The van der Waals surface area contributed by atoms with Gasteiger partial charge in [-0.05, 0) is 42.2 Å². The second-order valence-electron chi connectivity index (χ2n) is 5.15. The van der Waals surface area contributed by atoms with Crippen LogP contribution >= 0.6 is 0 Å². The van der Waals surface area contributed by atoms with Crippen LogP contribution in [0.1, 0.15) is 33.5 Å². The Bertz CT molecular complexity index is 649. The van der Waals surface area contributed by atoms with E-state index < -0.39 is 0 Å². The summed E-state index contributed by atoms with van der Waals surface area (Å²) in [5, 5.41) is 0. The fourth-order valence-electron chi connectivity index (χ4n) is 2.57. The average molecular weight is 267 g/mol. The number of nitrogens with zero attached hydrogens (tertiary/aromatic N) is 1. The Kier molecular flexibility index (Phi) is 3.50. The van der Waals surface area contributed by atoms with Crippen LogP contribution in [0.5, 0.6) is 5.75 Å². The van der Waals surface area contributed by atoms with E-state index in [4.69, 9.17) is 4.74 Å². The molecular weight excluding hydrogens is 250 g/mol. The third-order valence-corrected chi connectivity index (χ3v) is 3.72. The quantitative estimate of drug-likeness (QED) is 0.799. The van der Waals surface area contributed by atoms with Crippen LogP contribution in [-0.4, -0.2) is 17.4 Å². The summed E-state index contributed by atoms with van der Waals surface area (Å²) in [6, 6.07) is 8.03. The van der Waals surface area contributed by atoms with Gasteiger partial charge in [-0.3, -0.25) is 9.78 Å². The van der Waals surface area contributed by atoms with Gasteiger partial charge in [0.25, 0.3) is 0 Å². The molecular formula is C17H17NO2. The predicted molar refractivity (Wildman–Crippen MR) is 77.3 cm³/mol. The summed E-state index contributed by atoms with van der Waals surface area (Å²) in [4.78, 5) is 16.2. The van der Waals surface area contributed by atoms with Crippen molar-refractivity contribution in [2.75, 3.05) is 6.61 Å². The van der Waals surface area contributed by atoms with Crippen LogP contribution in [-0.2, 0) is 12.8 Å². The minimum atomic E-state index is 0.182. The van der Waals surface area contributed by atoms with Crippen molar-refractivity contribution >= 4 is 5.78 Å². The van der Waals surface area contributed by atoms with Gasteiger partial charge >= 0.3 is 0 Å². The number of carbonyl (C=O) groups is 1. The van der Waals surface area contributed by atoms with Crippen LogP contribution in [0, 0.1) is 6.92 Å². The van der Waals surface area contributed by atoms with Crippen LogP contribution in [0.4, 0.5) is 0 Å². The van der Waals surface area contributed by atoms with Gasteiger partial charge in [0, 0.05) is 30.8 Å². The number of ether oxygens (including phenoxy) is 1. The smallest absolute Gasteiger partial charge is 0.163 e. The van der Waals surface area contributed by atoms with E-state index in [9.17, 15) is 4.79 Å². The van der Waals surface area contributed by atoms with Crippen molar-refractivity contribution in [3.05, 3.63) is 58.9 Å². The Labute approximate surface area is 118 Å². The lowest BCUT2D eigenvalue weighted by Gasteiger charge is -2.06. The van der Waals surface area contributed by atoms with Gasteiger partial charge in [0.1, 0.15) is 5.75 Å². The van der Waals surface area contributed by atoms with E-state index in [-0.39, 0.29) is 5.78 Å². The number of aromatic nitrogens is 1. The molecule has 20 heavy (non-hydrogen) atoms. The van der Waals surface area contributed by atoms with E-state index in [1.807, 2.05) is 13.0 Å². The maximum absolute atomic E-state index is 12.2. The van der Waals surface area contributed by atoms with E-state index in [0.717, 1.165) is 36.3 Å². The van der Waals surface area contributed by atoms with E-state index >= 15 is 0 Å². The lowest BCUT2D eigenvalue weighted by atomic mass is 9.99. The summed E-state index contributed by atoms with van der Waals surface area (Å²) in [6.07, 6.45) is 5.69. The van der Waals surface area contributed by atoms with Crippen molar-refractivity contribution in [1.82, 2.24) is 4.98 Å². The molecule has 2 heterocycles. The summed E-state index contributed by atoms with van der Waals surface area (Å²) in [6.45, 7) is 2.70. The van der Waals surface area contributed by atoms with Crippen LogP contribution in [0.25, 0.3) is 0 Å². The van der Waals surface area contributed by atoms with Gasteiger partial charge in [0.15, 0.2) is 5.78 Å². The molecule has 0 atom stereocenters. The molecule has 0 radical (unpaired) electrons. The summed E-state index contributed by atoms with van der Waals surface area (Å²) >= 11 is 0. The minimum Gasteiger partial charge on any atom is -0.493 e. The van der Waals surface area contributed by atoms with Gasteiger partial charge in [-0.2, -0.15) is 0 Å². The normalized spacial score (nSPS) is 12.8. The van der Waals surface area contributed by atoms with Crippen molar-refractivity contribution in [2.45, 2.75) is 26.2 Å². The Morgan fingerprint density at radius 1 is 1.35 bits per heavy atom. The SMILES string of the molecule is Cc1cnccc1C(=O)CCc1ccc2c(c1)CCO2. The van der Waals surface area contributed by atoms with Crippen molar-refractivity contribution < 1.29 is 9.53 Å². The van der Waals surface area contributed by atoms with Crippen molar-refractivity contribution in [1.29, 1.82) is 0 Å². The fourth-order valence-corrected chi connectivity index (χ4v) is 2.57. The first-order valence-electron chi connectivity index (χ1n) is 6.92. The minimum absolute atomic E-state index is 0.182. The zero-order chi connectivity index (χ0) is 13.9. The highest BCUT2D eigenvalue weighted by molar-refractivity contribution is 5.97. The number of ketones is 1. The molecule has 1 aromatic heterocycles. The van der Waals surface area contributed by atoms with Crippen LogP contribution in [0.15, 0.2) is 36.7 Å². The van der Waals surface area contributed by atoms with Gasteiger partial charge in [0.2, 0.25) is 0 Å². The third-order valence-electron chi connectivity index (χ3n) is 3.72. The number of rotatable bonds is 4. The number of benzene rings is 1. The highest BCUT2D eigenvalue weighted by Crippen LogP contribution is 2.26. The summed E-state index contributed by atoms with van der Waals surface area (Å²) < 4.78 is 5.49. The Hall–Kier alpha value is -2.16. The summed E-state index contributed by atoms with van der Waals surface area (Å²) in [5.74, 6) is 1.17. The first-order chi connectivity index (χ1) is 9.74. The van der Waals surface area contributed by atoms with Crippen molar-refractivity contribution in [2.24, 2.45) is 0 Å². The third kappa shape index (κ3) is 2.57. The molecule has 0 N–H and O–H groups in total. The summed E-state index contributed by atoms with van der Waals surface area (Å²) in [7, 11) is 0. The maximum atomic E-state index is 12.2. The number of aryl methyl sites for hydroxylation is 2. The highest BCUT2D eigenvalue weighted by atomic mass is 16.5. The molecule has 0 aliphatic carbocycles. The fraction of sp³-hybridized carbons (Fsp3) is 0.294. The van der Waals surface area contributed by atoms with Crippen LogP contribution in [0.3, 0.4) is 0 Å². The van der Waals surface area contributed by atoms with E-state index in [0.29, 0.717) is 6.42 Å². The molecule has 3 nitrogen and oxygen atoms in total. The van der Waals surface area contributed by atoms with E-state index in [1.54, 1.807) is 18.5 Å². The molecule has 0 saturated carbocycles. The molecule has 2 aromatic rings. The van der Waals surface area contributed by atoms with Crippen LogP contribution in [0.2, 0.25) is 0 Å². The lowest BCUT2D eigenvalue weighted by molar-refractivity contribution is 0.0982. The first kappa shape index (κ1) is 12.9. The molecule has 1 aliphatic heterocycles. The molecule has 0 fully saturated rings. The topological polar surface area (TPSA) is 39.2 Å². The monoisotopic (exact) mass is 267 g/mol. The van der Waals surface area contributed by atoms with Crippen molar-refractivity contribution in [3.63, 3.8) is 0 Å². The average Bonchev–Trinajstić information content (AvgIpc) is 2.92. The van der Waals surface area contributed by atoms with E-state index in [2.05, 4.69) is 17.1 Å². The van der Waals surface area contributed by atoms with E-state index in [1.165, 1.54) is 11.1 Å². The maximum Gasteiger partial charge on any atom is 0.163 e. The Morgan fingerprint density at radius 3 is 3.10 bits per heavy atom. The molecule has 3 rings (SSSR count). The largest absolute Gasteiger partial charge is 0.493 e. The number of fused-ring (bicyclic) bond motifs is 1. The molecule has 0 amide bonds. The van der Waals surface area contributed by atoms with Crippen molar-refractivity contribution in [3.8, 4) is 5.75 Å². The number of Topliss-reactive ketones (excluding diaryl/α,β-unsaturated/α-hetero) is 1. The molecule has 3 heteroatoms. The number of pyridine rings is 1.